The molecule has 3 fully saturated rings. The monoisotopic (exact) mass is 388 g/mol. The average Bonchev–Trinajstić information content (AvgIpc) is 3.13. The maximum atomic E-state index is 12.7. The second kappa shape index (κ2) is 8.86. The Balaban J connectivity index is 1.22. The van der Waals surface area contributed by atoms with Gasteiger partial charge >= 0.3 is 0 Å². The van der Waals surface area contributed by atoms with Gasteiger partial charge in [0.15, 0.2) is 0 Å². The van der Waals surface area contributed by atoms with Crippen molar-refractivity contribution in [3.63, 3.8) is 0 Å². The minimum atomic E-state index is -0.232. The van der Waals surface area contributed by atoms with Crippen LogP contribution >= 0.6 is 0 Å². The summed E-state index contributed by atoms with van der Waals surface area (Å²) in [6.07, 6.45) is 10.5. The second-order valence-electron chi connectivity index (χ2n) is 7.93. The van der Waals surface area contributed by atoms with Gasteiger partial charge in [-0.1, -0.05) is 0 Å². The van der Waals surface area contributed by atoms with Gasteiger partial charge in [0.05, 0.1) is 12.1 Å². The number of rotatable bonds is 5. The molecule has 1 saturated carbocycles. The van der Waals surface area contributed by atoms with E-state index in [9.17, 15) is 9.59 Å². The van der Waals surface area contributed by atoms with Crippen molar-refractivity contribution in [3.05, 3.63) is 18.6 Å². The zero-order valence-corrected chi connectivity index (χ0v) is 16.1. The number of carbonyl (C=O) groups is 2. The van der Waals surface area contributed by atoms with Crippen LogP contribution in [0, 0.1) is 5.92 Å². The first-order valence-corrected chi connectivity index (χ1v) is 10.3. The number of likely N-dealkylation sites (tertiary alicyclic amines) is 1. The van der Waals surface area contributed by atoms with Gasteiger partial charge in [0, 0.05) is 50.7 Å². The molecule has 2 saturated heterocycles. The molecular weight excluding hydrogens is 360 g/mol. The van der Waals surface area contributed by atoms with Crippen LogP contribution in [-0.4, -0.2) is 64.6 Å². The largest absolute Gasteiger partial charge is 0.473 e. The van der Waals surface area contributed by atoms with E-state index in [1.165, 1.54) is 0 Å². The van der Waals surface area contributed by atoms with E-state index in [2.05, 4.69) is 15.3 Å². The summed E-state index contributed by atoms with van der Waals surface area (Å²) in [6.45, 7) is 1.94. The summed E-state index contributed by atoms with van der Waals surface area (Å²) >= 11 is 0. The molecule has 4 rings (SSSR count). The number of aromatic nitrogens is 2. The molecule has 0 radical (unpaired) electrons. The van der Waals surface area contributed by atoms with Crippen LogP contribution in [0.25, 0.3) is 0 Å². The first-order valence-electron chi connectivity index (χ1n) is 10.3. The van der Waals surface area contributed by atoms with Gasteiger partial charge in [-0.25, -0.2) is 4.98 Å². The van der Waals surface area contributed by atoms with Gasteiger partial charge in [0.1, 0.15) is 6.10 Å². The third-order valence-corrected chi connectivity index (χ3v) is 6.01. The summed E-state index contributed by atoms with van der Waals surface area (Å²) in [5.74, 6) is 0.436. The molecule has 0 spiro atoms. The average molecular weight is 388 g/mol. The van der Waals surface area contributed by atoms with Crippen LogP contribution in [0.4, 0.5) is 0 Å². The van der Waals surface area contributed by atoms with Crippen LogP contribution in [-0.2, 0) is 14.3 Å². The van der Waals surface area contributed by atoms with Gasteiger partial charge < -0.3 is 19.7 Å². The van der Waals surface area contributed by atoms with E-state index in [1.54, 1.807) is 18.6 Å². The standard InChI is InChI=1S/C20H28N4O4/c25-19-11-14(13-24(19)16-5-9-27-10-6-16)20(26)23-15-1-3-17(4-2-15)28-18-12-21-7-8-22-18/h7-8,12,14-17H,1-6,9-11,13H2,(H,23,26)/t14-,15?,17?/m0/s1. The maximum absolute atomic E-state index is 12.7. The lowest BCUT2D eigenvalue weighted by Crippen LogP contribution is -2.44. The van der Waals surface area contributed by atoms with Crippen molar-refractivity contribution in [3.8, 4) is 5.88 Å². The molecule has 8 nitrogen and oxygen atoms in total. The molecular formula is C20H28N4O4. The lowest BCUT2D eigenvalue weighted by atomic mass is 9.92. The Bertz CT molecular complexity index is 672. The first-order chi connectivity index (χ1) is 13.7. The van der Waals surface area contributed by atoms with Crippen LogP contribution in [0.15, 0.2) is 18.6 Å². The van der Waals surface area contributed by atoms with Gasteiger partial charge in [-0.2, -0.15) is 0 Å². The second-order valence-corrected chi connectivity index (χ2v) is 7.93. The van der Waals surface area contributed by atoms with Gasteiger partial charge in [0.25, 0.3) is 0 Å². The molecule has 2 amide bonds. The number of hydrogen-bond donors (Lipinski definition) is 1. The third kappa shape index (κ3) is 4.60. The lowest BCUT2D eigenvalue weighted by Gasteiger charge is -2.31. The summed E-state index contributed by atoms with van der Waals surface area (Å²) in [4.78, 5) is 35.1. The van der Waals surface area contributed by atoms with E-state index in [-0.39, 0.29) is 35.9 Å². The van der Waals surface area contributed by atoms with Crippen molar-refractivity contribution in [2.45, 2.75) is 63.1 Å². The first kappa shape index (κ1) is 19.1. The molecule has 152 valence electrons. The van der Waals surface area contributed by atoms with E-state index in [1.807, 2.05) is 4.90 Å². The summed E-state index contributed by atoms with van der Waals surface area (Å²) < 4.78 is 11.2. The highest BCUT2D eigenvalue weighted by Crippen LogP contribution is 2.27. The van der Waals surface area contributed by atoms with E-state index < -0.39 is 0 Å². The van der Waals surface area contributed by atoms with E-state index in [0.717, 1.165) is 38.5 Å². The molecule has 1 aromatic rings. The molecule has 0 unspecified atom stereocenters. The Kier molecular flexibility index (Phi) is 6.04. The van der Waals surface area contributed by atoms with E-state index >= 15 is 0 Å². The molecule has 1 atom stereocenters. The van der Waals surface area contributed by atoms with Gasteiger partial charge in [-0.15, -0.1) is 0 Å². The molecule has 2 aliphatic heterocycles. The van der Waals surface area contributed by atoms with Crippen LogP contribution in [0.3, 0.4) is 0 Å². The summed E-state index contributed by atoms with van der Waals surface area (Å²) in [5.41, 5.74) is 0. The number of carbonyl (C=O) groups excluding carboxylic acids is 2. The fourth-order valence-corrected chi connectivity index (χ4v) is 4.42. The number of hydrogen-bond acceptors (Lipinski definition) is 6. The molecule has 0 aromatic carbocycles. The van der Waals surface area contributed by atoms with Crippen LogP contribution < -0.4 is 10.1 Å². The molecule has 1 N–H and O–H groups in total. The molecule has 1 aliphatic carbocycles. The highest BCUT2D eigenvalue weighted by molar-refractivity contribution is 5.89. The zero-order chi connectivity index (χ0) is 19.3. The minimum Gasteiger partial charge on any atom is -0.473 e. The Morgan fingerprint density at radius 1 is 1.14 bits per heavy atom. The van der Waals surface area contributed by atoms with E-state index in [0.29, 0.717) is 32.1 Å². The van der Waals surface area contributed by atoms with Crippen LogP contribution in [0.1, 0.15) is 44.9 Å². The Morgan fingerprint density at radius 2 is 1.93 bits per heavy atom. The van der Waals surface area contributed by atoms with Gasteiger partial charge in [-0.3, -0.25) is 14.6 Å². The molecule has 3 heterocycles. The zero-order valence-electron chi connectivity index (χ0n) is 16.1. The van der Waals surface area contributed by atoms with Crippen molar-refractivity contribution < 1.29 is 19.1 Å². The number of ether oxygens (including phenoxy) is 2. The van der Waals surface area contributed by atoms with Gasteiger partial charge in [-0.05, 0) is 38.5 Å². The van der Waals surface area contributed by atoms with Crippen molar-refractivity contribution in [2.24, 2.45) is 5.92 Å². The molecule has 0 bridgehead atoms. The number of amides is 2. The predicted molar refractivity (Wildman–Crippen MR) is 101 cm³/mol. The quantitative estimate of drug-likeness (QED) is 0.817. The SMILES string of the molecule is O=C(NC1CCC(Oc2cnccn2)CC1)[C@H]1CC(=O)N(C2CCOCC2)C1. The highest BCUT2D eigenvalue weighted by atomic mass is 16.5. The van der Waals surface area contributed by atoms with Crippen LogP contribution in [0.5, 0.6) is 5.88 Å². The normalized spacial score (nSPS) is 28.9. The Morgan fingerprint density at radius 3 is 2.64 bits per heavy atom. The van der Waals surface area contributed by atoms with Crippen molar-refractivity contribution in [1.82, 2.24) is 20.2 Å². The number of nitrogens with one attached hydrogen (secondary N) is 1. The molecule has 3 aliphatic rings. The Labute approximate surface area is 165 Å². The van der Waals surface area contributed by atoms with Crippen molar-refractivity contribution in [1.29, 1.82) is 0 Å². The fourth-order valence-electron chi connectivity index (χ4n) is 4.42. The summed E-state index contributed by atoms with van der Waals surface area (Å²) in [5, 5.41) is 3.16. The lowest BCUT2D eigenvalue weighted by molar-refractivity contribution is -0.131. The minimum absolute atomic E-state index is 0.0150. The molecule has 1 aromatic heterocycles. The maximum Gasteiger partial charge on any atom is 0.232 e. The van der Waals surface area contributed by atoms with Crippen molar-refractivity contribution >= 4 is 11.8 Å². The molecule has 8 heteroatoms. The Hall–Kier alpha value is -2.22. The summed E-state index contributed by atoms with van der Waals surface area (Å²) in [6, 6.07) is 0.383. The van der Waals surface area contributed by atoms with Crippen LogP contribution in [0.2, 0.25) is 0 Å². The third-order valence-electron chi connectivity index (χ3n) is 6.01. The molecule has 28 heavy (non-hydrogen) atoms. The smallest absolute Gasteiger partial charge is 0.232 e. The number of nitrogens with zero attached hydrogens (tertiary/aromatic N) is 3. The fraction of sp³-hybridized carbons (Fsp3) is 0.700. The predicted octanol–water partition coefficient (Wildman–Crippen LogP) is 1.31. The van der Waals surface area contributed by atoms with Crippen molar-refractivity contribution in [2.75, 3.05) is 19.8 Å². The van der Waals surface area contributed by atoms with Gasteiger partial charge in [0.2, 0.25) is 17.7 Å². The summed E-state index contributed by atoms with van der Waals surface area (Å²) in [7, 11) is 0. The highest BCUT2D eigenvalue weighted by Gasteiger charge is 2.39. The topological polar surface area (TPSA) is 93.7 Å². The van der Waals surface area contributed by atoms with E-state index in [4.69, 9.17) is 9.47 Å².